The lowest BCUT2D eigenvalue weighted by atomic mass is 10.1. The largest absolute Gasteiger partial charge is 0.325 e. The lowest BCUT2D eigenvalue weighted by molar-refractivity contribution is -0.113. The summed E-state index contributed by atoms with van der Waals surface area (Å²) in [5.41, 5.74) is 1.27. The van der Waals surface area contributed by atoms with Gasteiger partial charge in [0.2, 0.25) is 11.9 Å². The maximum atomic E-state index is 12.2. The average molecular weight is 369 g/mol. The number of thioether (sulfide) groups is 1. The van der Waals surface area contributed by atoms with Gasteiger partial charge in [0.05, 0.1) is 5.75 Å². The molecule has 0 saturated carbocycles. The molecule has 0 aliphatic heterocycles. The number of anilines is 1. The second-order valence-electron chi connectivity index (χ2n) is 5.59. The zero-order valence-corrected chi connectivity index (χ0v) is 15.4. The second kappa shape index (κ2) is 8.01. The fraction of sp³-hybridized carbons (Fsp3) is 0.222. The second-order valence-corrected chi connectivity index (χ2v) is 6.53. The number of amides is 1. The van der Waals surface area contributed by atoms with E-state index in [2.05, 4.69) is 15.5 Å². The highest BCUT2D eigenvalue weighted by atomic mass is 32.2. The Kier molecular flexibility index (Phi) is 5.52. The molecule has 0 radical (unpaired) electrons. The molecule has 0 aliphatic rings. The number of aromatic nitrogens is 4. The van der Waals surface area contributed by atoms with Crippen LogP contribution >= 0.6 is 11.8 Å². The molecule has 1 aromatic carbocycles. The van der Waals surface area contributed by atoms with E-state index in [0.717, 1.165) is 5.95 Å². The van der Waals surface area contributed by atoms with Gasteiger partial charge in [-0.3, -0.25) is 18.7 Å². The van der Waals surface area contributed by atoms with Crippen LogP contribution in [0.1, 0.15) is 24.2 Å². The van der Waals surface area contributed by atoms with E-state index in [9.17, 15) is 9.59 Å². The molecule has 26 heavy (non-hydrogen) atoms. The van der Waals surface area contributed by atoms with Gasteiger partial charge in [0.15, 0.2) is 10.9 Å². The van der Waals surface area contributed by atoms with Crippen molar-refractivity contribution in [2.24, 2.45) is 0 Å². The van der Waals surface area contributed by atoms with Crippen LogP contribution in [0.3, 0.4) is 0 Å². The van der Waals surface area contributed by atoms with Crippen LogP contribution in [0.5, 0.6) is 0 Å². The molecule has 0 spiro atoms. The first-order valence-corrected chi connectivity index (χ1v) is 9.17. The third-order valence-electron chi connectivity index (χ3n) is 3.76. The van der Waals surface area contributed by atoms with Crippen LogP contribution < -0.4 is 5.32 Å². The van der Waals surface area contributed by atoms with Crippen LogP contribution in [0, 0.1) is 0 Å². The van der Waals surface area contributed by atoms with E-state index < -0.39 is 0 Å². The first-order chi connectivity index (χ1) is 12.6. The van der Waals surface area contributed by atoms with E-state index in [4.69, 9.17) is 0 Å². The van der Waals surface area contributed by atoms with E-state index >= 15 is 0 Å². The number of hydrogen-bond donors (Lipinski definition) is 1. The summed E-state index contributed by atoms with van der Waals surface area (Å²) in [6.45, 7) is 4.23. The summed E-state index contributed by atoms with van der Waals surface area (Å²) in [7, 11) is 0. The molecular weight excluding hydrogens is 350 g/mol. The third kappa shape index (κ3) is 4.02. The molecule has 0 unspecified atom stereocenters. The van der Waals surface area contributed by atoms with E-state index in [-0.39, 0.29) is 17.4 Å². The molecule has 0 saturated heterocycles. The van der Waals surface area contributed by atoms with Crippen molar-refractivity contribution in [1.82, 2.24) is 19.3 Å². The smallest absolute Gasteiger partial charge is 0.236 e. The molecule has 0 fully saturated rings. The minimum absolute atomic E-state index is 0.00386. The standard InChI is InChI=1S/C18H19N5O2S/c1-3-23-17(22-10-4-5-11-22)20-21-18(23)26-12-16(25)19-15-8-6-14(7-9-15)13(2)24/h4-11H,3,12H2,1-2H3,(H,19,25). The highest BCUT2D eigenvalue weighted by molar-refractivity contribution is 7.99. The van der Waals surface area contributed by atoms with Gasteiger partial charge in [-0.05, 0) is 50.2 Å². The van der Waals surface area contributed by atoms with Crippen molar-refractivity contribution < 1.29 is 9.59 Å². The minimum atomic E-state index is -0.140. The summed E-state index contributed by atoms with van der Waals surface area (Å²) in [5, 5.41) is 11.9. The Hall–Kier alpha value is -2.87. The summed E-state index contributed by atoms with van der Waals surface area (Å²) < 4.78 is 3.84. The van der Waals surface area contributed by atoms with Gasteiger partial charge in [-0.15, -0.1) is 10.2 Å². The molecule has 0 aliphatic carbocycles. The number of hydrogen-bond acceptors (Lipinski definition) is 5. The maximum absolute atomic E-state index is 12.2. The molecule has 2 aromatic heterocycles. The molecule has 134 valence electrons. The monoisotopic (exact) mass is 369 g/mol. The Morgan fingerprint density at radius 1 is 1.12 bits per heavy atom. The van der Waals surface area contributed by atoms with Gasteiger partial charge in [0.1, 0.15) is 0 Å². The number of benzene rings is 1. The number of carbonyl (C=O) groups is 2. The first-order valence-electron chi connectivity index (χ1n) is 8.18. The lowest BCUT2D eigenvalue weighted by Gasteiger charge is -2.08. The Balaban J connectivity index is 1.62. The van der Waals surface area contributed by atoms with Gasteiger partial charge < -0.3 is 5.32 Å². The molecule has 2 heterocycles. The molecular formula is C18H19N5O2S. The van der Waals surface area contributed by atoms with E-state index in [1.807, 2.05) is 40.6 Å². The quantitative estimate of drug-likeness (QED) is 0.511. The van der Waals surface area contributed by atoms with Crippen molar-refractivity contribution in [3.05, 3.63) is 54.4 Å². The number of rotatable bonds is 7. The predicted octanol–water partition coefficient (Wildman–Crippen LogP) is 3.02. The molecule has 7 nitrogen and oxygen atoms in total. The van der Waals surface area contributed by atoms with Crippen LogP contribution in [0.4, 0.5) is 5.69 Å². The van der Waals surface area contributed by atoms with Crippen molar-refractivity contribution in [2.45, 2.75) is 25.5 Å². The molecule has 1 amide bonds. The Bertz CT molecular complexity index is 900. The summed E-state index contributed by atoms with van der Waals surface area (Å²) in [5.74, 6) is 0.799. The highest BCUT2D eigenvalue weighted by Gasteiger charge is 2.14. The molecule has 0 atom stereocenters. The van der Waals surface area contributed by atoms with E-state index in [0.29, 0.717) is 23.0 Å². The first kappa shape index (κ1) is 17.9. The number of nitrogens with zero attached hydrogens (tertiary/aromatic N) is 4. The van der Waals surface area contributed by atoms with Gasteiger partial charge in [-0.1, -0.05) is 11.8 Å². The van der Waals surface area contributed by atoms with Gasteiger partial charge in [-0.2, -0.15) is 0 Å². The van der Waals surface area contributed by atoms with Gasteiger partial charge in [0, 0.05) is 30.2 Å². The molecule has 3 rings (SSSR count). The lowest BCUT2D eigenvalue weighted by Crippen LogP contribution is -2.15. The van der Waals surface area contributed by atoms with Crippen LogP contribution in [0.2, 0.25) is 0 Å². The van der Waals surface area contributed by atoms with Crippen molar-refractivity contribution >= 4 is 29.1 Å². The zero-order chi connectivity index (χ0) is 18.5. The molecule has 1 N–H and O–H groups in total. The summed E-state index contributed by atoms with van der Waals surface area (Å²) >= 11 is 1.33. The highest BCUT2D eigenvalue weighted by Crippen LogP contribution is 2.19. The van der Waals surface area contributed by atoms with Gasteiger partial charge >= 0.3 is 0 Å². The Morgan fingerprint density at radius 3 is 2.42 bits per heavy atom. The third-order valence-corrected chi connectivity index (χ3v) is 4.72. The normalized spacial score (nSPS) is 10.7. The fourth-order valence-electron chi connectivity index (χ4n) is 2.44. The van der Waals surface area contributed by atoms with Crippen molar-refractivity contribution in [2.75, 3.05) is 11.1 Å². The van der Waals surface area contributed by atoms with Crippen molar-refractivity contribution in [1.29, 1.82) is 0 Å². The number of carbonyl (C=O) groups excluding carboxylic acids is 2. The van der Waals surface area contributed by atoms with E-state index in [1.165, 1.54) is 18.7 Å². The predicted molar refractivity (Wildman–Crippen MR) is 101 cm³/mol. The van der Waals surface area contributed by atoms with Gasteiger partial charge in [-0.25, -0.2) is 0 Å². The topological polar surface area (TPSA) is 81.8 Å². The SMILES string of the molecule is CCn1c(SCC(=O)Nc2ccc(C(C)=O)cc2)nnc1-n1cccc1. The summed E-state index contributed by atoms with van der Waals surface area (Å²) in [4.78, 5) is 23.5. The fourth-order valence-corrected chi connectivity index (χ4v) is 3.24. The number of nitrogens with one attached hydrogen (secondary N) is 1. The summed E-state index contributed by atoms with van der Waals surface area (Å²) in [6, 6.07) is 10.7. The molecule has 3 aromatic rings. The average Bonchev–Trinajstić information content (AvgIpc) is 3.29. The minimum Gasteiger partial charge on any atom is -0.325 e. The number of ketones is 1. The molecule has 0 bridgehead atoms. The Labute approximate surface area is 155 Å². The molecule has 8 heteroatoms. The summed E-state index contributed by atoms with van der Waals surface area (Å²) in [6.07, 6.45) is 3.81. The maximum Gasteiger partial charge on any atom is 0.236 e. The van der Waals surface area contributed by atoms with Crippen LogP contribution in [-0.2, 0) is 11.3 Å². The van der Waals surface area contributed by atoms with E-state index in [1.54, 1.807) is 24.3 Å². The van der Waals surface area contributed by atoms with Crippen molar-refractivity contribution in [3.63, 3.8) is 0 Å². The Morgan fingerprint density at radius 2 is 1.81 bits per heavy atom. The van der Waals surface area contributed by atoms with Gasteiger partial charge in [0.25, 0.3) is 0 Å². The number of Topliss-reactive ketones (excluding diaryl/α,β-unsaturated/α-hetero) is 1. The van der Waals surface area contributed by atoms with Crippen LogP contribution in [0.15, 0.2) is 53.9 Å². The van der Waals surface area contributed by atoms with Crippen LogP contribution in [0.25, 0.3) is 5.95 Å². The van der Waals surface area contributed by atoms with Crippen molar-refractivity contribution in [3.8, 4) is 5.95 Å². The zero-order valence-electron chi connectivity index (χ0n) is 14.5. The van der Waals surface area contributed by atoms with Crippen LogP contribution in [-0.4, -0.2) is 36.8 Å².